The topological polar surface area (TPSA) is 63.5 Å². The molecule has 0 aliphatic carbocycles. The van der Waals surface area contributed by atoms with Crippen LogP contribution in [0.15, 0.2) is 61.1 Å². The molecule has 1 aliphatic rings. The number of nitrogens with zero attached hydrogens (tertiary/aromatic N) is 5. The fourth-order valence-corrected chi connectivity index (χ4v) is 3.82. The molecule has 0 saturated carbocycles. The maximum Gasteiger partial charge on any atom is 0.274 e. The van der Waals surface area contributed by atoms with Gasteiger partial charge in [0.2, 0.25) is 0 Å². The first-order valence-electron chi connectivity index (χ1n) is 10.5. The second kappa shape index (κ2) is 10.5. The van der Waals surface area contributed by atoms with E-state index in [1.807, 2.05) is 41.3 Å². The van der Waals surface area contributed by atoms with Crippen LogP contribution in [-0.4, -0.2) is 69.9 Å². The average molecular weight is 440 g/mol. The minimum absolute atomic E-state index is 0.0837. The molecule has 0 atom stereocenters. The molecule has 7 nitrogen and oxygen atoms in total. The van der Waals surface area contributed by atoms with Gasteiger partial charge in [-0.25, -0.2) is 4.68 Å². The molecule has 1 amide bonds. The largest absolute Gasteiger partial charge is 0.379 e. The van der Waals surface area contributed by atoms with Crippen LogP contribution in [0.5, 0.6) is 0 Å². The van der Waals surface area contributed by atoms with E-state index in [1.165, 1.54) is 0 Å². The number of aromatic nitrogens is 3. The smallest absolute Gasteiger partial charge is 0.274 e. The predicted molar refractivity (Wildman–Crippen MR) is 119 cm³/mol. The van der Waals surface area contributed by atoms with Crippen molar-refractivity contribution in [3.05, 3.63) is 77.3 Å². The molecule has 3 heterocycles. The Hall–Kier alpha value is -2.74. The molecule has 4 rings (SSSR count). The summed E-state index contributed by atoms with van der Waals surface area (Å²) in [6.07, 6.45) is 6.18. The van der Waals surface area contributed by atoms with Gasteiger partial charge in [-0.05, 0) is 48.4 Å². The van der Waals surface area contributed by atoms with Crippen molar-refractivity contribution in [1.29, 1.82) is 0 Å². The van der Waals surface area contributed by atoms with Gasteiger partial charge in [-0.1, -0.05) is 17.7 Å². The highest BCUT2D eigenvalue weighted by Gasteiger charge is 2.20. The van der Waals surface area contributed by atoms with Crippen LogP contribution >= 0.6 is 11.6 Å². The highest BCUT2D eigenvalue weighted by atomic mass is 35.5. The average Bonchev–Trinajstić information content (AvgIpc) is 3.30. The molecule has 8 heteroatoms. The fraction of sp³-hybridized carbons (Fsp3) is 0.348. The summed E-state index contributed by atoms with van der Waals surface area (Å²) < 4.78 is 7.10. The van der Waals surface area contributed by atoms with E-state index in [1.54, 1.807) is 29.3 Å². The fourth-order valence-electron chi connectivity index (χ4n) is 3.63. The third-order valence-corrected chi connectivity index (χ3v) is 5.53. The number of halogens is 1. The summed E-state index contributed by atoms with van der Waals surface area (Å²) in [5, 5.41) is 5.14. The summed E-state index contributed by atoms with van der Waals surface area (Å²) in [4.78, 5) is 21.6. The maximum atomic E-state index is 13.3. The Kier molecular flexibility index (Phi) is 7.30. The predicted octanol–water partition coefficient (Wildman–Crippen LogP) is 3.29. The van der Waals surface area contributed by atoms with Gasteiger partial charge in [-0.3, -0.25) is 14.7 Å². The van der Waals surface area contributed by atoms with Crippen LogP contribution in [0.3, 0.4) is 0 Å². The van der Waals surface area contributed by atoms with Crippen LogP contribution in [0.2, 0.25) is 5.02 Å². The Morgan fingerprint density at radius 3 is 2.71 bits per heavy atom. The molecule has 0 radical (unpaired) electrons. The standard InChI is InChI=1S/C23H26ClN5O2/c24-20-3-1-4-21(17-20)29-12-7-22(26-29)23(30)28(18-19-5-8-25-9-6-19)11-2-10-27-13-15-31-16-14-27/h1,3-9,12,17H,2,10-11,13-16,18H2. The first kappa shape index (κ1) is 21.5. The normalized spacial score (nSPS) is 14.5. The zero-order valence-corrected chi connectivity index (χ0v) is 18.1. The van der Waals surface area contributed by atoms with Gasteiger partial charge >= 0.3 is 0 Å². The van der Waals surface area contributed by atoms with E-state index < -0.39 is 0 Å². The molecule has 2 aromatic heterocycles. The summed E-state index contributed by atoms with van der Waals surface area (Å²) in [5.74, 6) is -0.0837. The van der Waals surface area contributed by atoms with Crippen molar-refractivity contribution in [2.75, 3.05) is 39.4 Å². The van der Waals surface area contributed by atoms with Gasteiger partial charge in [0.1, 0.15) is 0 Å². The van der Waals surface area contributed by atoms with Gasteiger partial charge in [0.15, 0.2) is 5.69 Å². The van der Waals surface area contributed by atoms with Crippen LogP contribution in [0.25, 0.3) is 5.69 Å². The van der Waals surface area contributed by atoms with E-state index in [2.05, 4.69) is 15.0 Å². The molecule has 0 unspecified atom stereocenters. The van der Waals surface area contributed by atoms with Crippen LogP contribution in [0.4, 0.5) is 0 Å². The highest BCUT2D eigenvalue weighted by molar-refractivity contribution is 6.30. The van der Waals surface area contributed by atoms with Crippen molar-refractivity contribution in [3.8, 4) is 5.69 Å². The number of pyridine rings is 1. The van der Waals surface area contributed by atoms with Crippen molar-refractivity contribution < 1.29 is 9.53 Å². The molecule has 1 fully saturated rings. The summed E-state index contributed by atoms with van der Waals surface area (Å²) in [5.41, 5.74) is 2.28. The molecule has 31 heavy (non-hydrogen) atoms. The van der Waals surface area contributed by atoms with Crippen LogP contribution < -0.4 is 0 Å². The number of carbonyl (C=O) groups is 1. The number of carbonyl (C=O) groups excluding carboxylic acids is 1. The number of amides is 1. The maximum absolute atomic E-state index is 13.3. The molecule has 162 valence electrons. The first-order chi connectivity index (χ1) is 15.2. The molecular formula is C23H26ClN5O2. The number of hydrogen-bond acceptors (Lipinski definition) is 5. The summed E-state index contributed by atoms with van der Waals surface area (Å²) in [7, 11) is 0. The summed E-state index contributed by atoms with van der Waals surface area (Å²) in [6.45, 7) is 5.57. The number of ether oxygens (including phenoxy) is 1. The van der Waals surface area contributed by atoms with E-state index >= 15 is 0 Å². The molecule has 1 aromatic carbocycles. The van der Waals surface area contributed by atoms with Crippen molar-refractivity contribution >= 4 is 17.5 Å². The summed E-state index contributed by atoms with van der Waals surface area (Å²) >= 11 is 6.09. The van der Waals surface area contributed by atoms with Crippen molar-refractivity contribution in [2.45, 2.75) is 13.0 Å². The Labute approximate surface area is 187 Å². The number of benzene rings is 1. The minimum atomic E-state index is -0.0837. The van der Waals surface area contributed by atoms with E-state index in [0.717, 1.165) is 50.5 Å². The number of morpholine rings is 1. The lowest BCUT2D eigenvalue weighted by molar-refractivity contribution is 0.0355. The lowest BCUT2D eigenvalue weighted by atomic mass is 10.2. The Morgan fingerprint density at radius 2 is 1.94 bits per heavy atom. The van der Waals surface area contributed by atoms with E-state index in [0.29, 0.717) is 23.8 Å². The minimum Gasteiger partial charge on any atom is -0.379 e. The van der Waals surface area contributed by atoms with E-state index in [9.17, 15) is 4.79 Å². The second-order valence-electron chi connectivity index (χ2n) is 7.52. The molecule has 0 N–H and O–H groups in total. The van der Waals surface area contributed by atoms with E-state index in [4.69, 9.17) is 16.3 Å². The molecule has 3 aromatic rings. The second-order valence-corrected chi connectivity index (χ2v) is 7.95. The SMILES string of the molecule is O=C(c1ccn(-c2cccc(Cl)c2)n1)N(CCCN1CCOCC1)Cc1ccncc1. The third-order valence-electron chi connectivity index (χ3n) is 5.30. The third kappa shape index (κ3) is 5.91. The van der Waals surface area contributed by atoms with Gasteiger partial charge < -0.3 is 9.64 Å². The Bertz CT molecular complexity index is 988. The molecule has 0 bridgehead atoms. The Balaban J connectivity index is 1.46. The quantitative estimate of drug-likeness (QED) is 0.539. The van der Waals surface area contributed by atoms with Crippen LogP contribution in [0.1, 0.15) is 22.5 Å². The van der Waals surface area contributed by atoms with Crippen molar-refractivity contribution in [2.24, 2.45) is 0 Å². The van der Waals surface area contributed by atoms with Crippen LogP contribution in [0, 0.1) is 0 Å². The lowest BCUT2D eigenvalue weighted by Crippen LogP contribution is -2.39. The van der Waals surface area contributed by atoms with Gasteiger partial charge in [-0.15, -0.1) is 0 Å². The van der Waals surface area contributed by atoms with Gasteiger partial charge in [0.05, 0.1) is 18.9 Å². The molecular weight excluding hydrogens is 414 g/mol. The monoisotopic (exact) mass is 439 g/mol. The molecule has 1 saturated heterocycles. The van der Waals surface area contributed by atoms with Crippen molar-refractivity contribution in [1.82, 2.24) is 24.6 Å². The zero-order chi connectivity index (χ0) is 21.5. The lowest BCUT2D eigenvalue weighted by Gasteiger charge is -2.28. The zero-order valence-electron chi connectivity index (χ0n) is 17.4. The highest BCUT2D eigenvalue weighted by Crippen LogP contribution is 2.16. The van der Waals surface area contributed by atoms with Crippen molar-refractivity contribution in [3.63, 3.8) is 0 Å². The summed E-state index contributed by atoms with van der Waals surface area (Å²) in [6, 6.07) is 13.0. The first-order valence-corrected chi connectivity index (χ1v) is 10.9. The molecule has 1 aliphatic heterocycles. The van der Waals surface area contributed by atoms with E-state index in [-0.39, 0.29) is 5.91 Å². The van der Waals surface area contributed by atoms with Gasteiger partial charge in [-0.2, -0.15) is 5.10 Å². The number of hydrogen-bond donors (Lipinski definition) is 0. The Morgan fingerprint density at radius 1 is 1.13 bits per heavy atom. The van der Waals surface area contributed by atoms with Gasteiger partial charge in [0.25, 0.3) is 5.91 Å². The number of rotatable bonds is 8. The molecule has 0 spiro atoms. The van der Waals surface area contributed by atoms with Crippen LogP contribution in [-0.2, 0) is 11.3 Å². The van der Waals surface area contributed by atoms with Gasteiger partial charge in [0, 0.05) is 56.3 Å².